The zero-order valence-electron chi connectivity index (χ0n) is 27.2. The first kappa shape index (κ1) is 33.6. The Kier molecular flexibility index (Phi) is 9.33. The Bertz CT molecular complexity index is 1900. The number of benzene rings is 1. The van der Waals surface area contributed by atoms with Crippen molar-refractivity contribution in [3.8, 4) is 28.2 Å². The quantitative estimate of drug-likeness (QED) is 0.250. The number of halogens is 2. The van der Waals surface area contributed by atoms with Crippen LogP contribution in [0.4, 0.5) is 20.6 Å². The molecule has 2 aliphatic rings. The summed E-state index contributed by atoms with van der Waals surface area (Å²) >= 11 is 6.44. The number of pyridine rings is 2. The van der Waals surface area contributed by atoms with E-state index < -0.39 is 21.6 Å². The molecule has 3 aromatic heterocycles. The Hall–Kier alpha value is -4.27. The minimum absolute atomic E-state index is 0.0674. The van der Waals surface area contributed by atoms with Gasteiger partial charge in [0.05, 0.1) is 17.6 Å². The largest absolute Gasteiger partial charge is 0.444 e. The first-order valence-corrected chi connectivity index (χ1v) is 17.6. The molecule has 0 radical (unpaired) electrons. The lowest BCUT2D eigenvalue weighted by Gasteiger charge is -2.41. The maximum atomic E-state index is 16.2. The number of nitrogens with zero attached hydrogens (tertiary/aromatic N) is 7. The van der Waals surface area contributed by atoms with Crippen LogP contribution in [-0.2, 0) is 14.9 Å². The average Bonchev–Trinajstić information content (AvgIpc) is 3.74. The maximum absolute atomic E-state index is 16.2. The van der Waals surface area contributed by atoms with E-state index in [0.29, 0.717) is 55.4 Å². The van der Waals surface area contributed by atoms with Gasteiger partial charge < -0.3 is 14.5 Å². The van der Waals surface area contributed by atoms with Gasteiger partial charge in [-0.05, 0) is 76.9 Å². The van der Waals surface area contributed by atoms with Crippen molar-refractivity contribution >= 4 is 39.3 Å². The molecular formula is C33H38ClFN8O4S. The van der Waals surface area contributed by atoms with Gasteiger partial charge >= 0.3 is 16.3 Å². The van der Waals surface area contributed by atoms with Crippen LogP contribution >= 0.6 is 11.6 Å². The molecule has 0 aliphatic carbocycles. The molecule has 0 spiro atoms. The fourth-order valence-electron chi connectivity index (χ4n) is 5.89. The molecule has 2 aliphatic heterocycles. The van der Waals surface area contributed by atoms with E-state index in [0.717, 1.165) is 18.5 Å². The lowest BCUT2D eigenvalue weighted by atomic mass is 10.0. The van der Waals surface area contributed by atoms with Crippen molar-refractivity contribution in [2.24, 2.45) is 0 Å². The Balaban J connectivity index is 1.29. The molecule has 0 unspecified atom stereocenters. The van der Waals surface area contributed by atoms with Gasteiger partial charge in [-0.25, -0.2) is 18.9 Å². The van der Waals surface area contributed by atoms with Crippen LogP contribution in [0.15, 0.2) is 61.2 Å². The number of rotatable bonds is 7. The van der Waals surface area contributed by atoms with E-state index in [1.165, 1.54) is 16.4 Å². The molecule has 2 saturated heterocycles. The predicted octanol–water partition coefficient (Wildman–Crippen LogP) is 5.99. The molecule has 2 fully saturated rings. The molecule has 254 valence electrons. The third-order valence-corrected chi connectivity index (χ3v) is 9.97. The number of hydrogen-bond donors (Lipinski definition) is 1. The van der Waals surface area contributed by atoms with Gasteiger partial charge in [0.1, 0.15) is 11.3 Å². The smallest absolute Gasteiger partial charge is 0.410 e. The minimum Gasteiger partial charge on any atom is -0.444 e. The van der Waals surface area contributed by atoms with Gasteiger partial charge in [-0.3, -0.25) is 9.71 Å². The molecule has 15 heteroatoms. The number of carbonyl (C=O) groups is 1. The molecule has 1 amide bonds. The number of amides is 1. The summed E-state index contributed by atoms with van der Waals surface area (Å²) in [6.45, 7) is 10.0. The zero-order valence-corrected chi connectivity index (χ0v) is 28.8. The van der Waals surface area contributed by atoms with Gasteiger partial charge in [0.25, 0.3) is 0 Å². The Labute approximate surface area is 284 Å². The van der Waals surface area contributed by atoms with Crippen LogP contribution in [0.2, 0.25) is 5.02 Å². The molecule has 12 nitrogen and oxygen atoms in total. The Morgan fingerprint density at radius 3 is 2.42 bits per heavy atom. The van der Waals surface area contributed by atoms with Gasteiger partial charge in [-0.2, -0.15) is 17.8 Å². The fourth-order valence-corrected chi connectivity index (χ4v) is 7.40. The summed E-state index contributed by atoms with van der Waals surface area (Å²) in [5.74, 6) is -0.293. The van der Waals surface area contributed by atoms with Crippen LogP contribution in [0.25, 0.3) is 28.2 Å². The molecule has 1 aromatic carbocycles. The van der Waals surface area contributed by atoms with Gasteiger partial charge in [0, 0.05) is 79.1 Å². The van der Waals surface area contributed by atoms with E-state index in [1.54, 1.807) is 46.5 Å². The number of nitrogens with one attached hydrogen (secondary N) is 1. The summed E-state index contributed by atoms with van der Waals surface area (Å²) in [5, 5.41) is 4.93. The van der Waals surface area contributed by atoms with Crippen molar-refractivity contribution in [3.05, 3.63) is 72.0 Å². The van der Waals surface area contributed by atoms with Gasteiger partial charge in [-0.1, -0.05) is 11.6 Å². The highest BCUT2D eigenvalue weighted by atomic mass is 35.5. The van der Waals surface area contributed by atoms with E-state index in [1.807, 2.05) is 39.8 Å². The molecule has 48 heavy (non-hydrogen) atoms. The molecule has 1 N–H and O–H groups in total. The SMILES string of the molecule is C[C@@H]1CN(c2ccc(-n3cc(-c4cc(Cl)cc(NS(=O)(=O)N5CCCC5)c4F)c(-c4ccncc4)n3)nc2)CCN1C(=O)OC(C)(C)C. The number of hydrogen-bond acceptors (Lipinski definition) is 8. The lowest BCUT2D eigenvalue weighted by Crippen LogP contribution is -2.55. The highest BCUT2D eigenvalue weighted by Gasteiger charge is 2.31. The van der Waals surface area contributed by atoms with Crippen LogP contribution in [0.1, 0.15) is 40.5 Å². The molecule has 6 rings (SSSR count). The van der Waals surface area contributed by atoms with Gasteiger partial charge in [0.2, 0.25) is 0 Å². The zero-order chi connectivity index (χ0) is 34.2. The highest BCUT2D eigenvalue weighted by Crippen LogP contribution is 2.38. The molecule has 4 aromatic rings. The summed E-state index contributed by atoms with van der Waals surface area (Å²) in [5.41, 5.74) is 1.64. The third-order valence-electron chi connectivity index (χ3n) is 8.23. The lowest BCUT2D eigenvalue weighted by molar-refractivity contribution is 0.0159. The standard InChI is InChI=1S/C33H38ClFN8O4S/c1-22-20-40(15-16-42(22)32(44)47-33(2,3)4)25-7-8-29(37-19-25)43-21-27(31(38-43)23-9-11-36-12-10-23)26-17-24(34)18-28(30(26)35)39-48(45,46)41-13-5-6-14-41/h7-12,17-19,21-22,39H,5-6,13-16,20H2,1-4H3/t22-/m1/s1. The van der Waals surface area contributed by atoms with Crippen molar-refractivity contribution in [2.45, 2.75) is 52.2 Å². The molecular weight excluding hydrogens is 659 g/mol. The van der Waals surface area contributed by atoms with Crippen LogP contribution in [0.5, 0.6) is 0 Å². The van der Waals surface area contributed by atoms with E-state index in [-0.39, 0.29) is 28.4 Å². The molecule has 0 saturated carbocycles. The van der Waals surface area contributed by atoms with Gasteiger partial charge in [0.15, 0.2) is 11.6 Å². The van der Waals surface area contributed by atoms with E-state index in [4.69, 9.17) is 21.4 Å². The maximum Gasteiger partial charge on any atom is 0.410 e. The first-order valence-electron chi connectivity index (χ1n) is 15.8. The summed E-state index contributed by atoms with van der Waals surface area (Å²) in [6, 6.07) is 9.90. The van der Waals surface area contributed by atoms with Crippen LogP contribution in [0, 0.1) is 5.82 Å². The highest BCUT2D eigenvalue weighted by molar-refractivity contribution is 7.90. The first-order chi connectivity index (χ1) is 22.8. The number of anilines is 2. The van der Waals surface area contributed by atoms with Crippen molar-refractivity contribution in [1.82, 2.24) is 29.0 Å². The number of carbonyl (C=O) groups excluding carboxylic acids is 1. The van der Waals surface area contributed by atoms with Crippen LogP contribution in [-0.4, -0.2) is 87.8 Å². The topological polar surface area (TPSA) is 126 Å². The number of ether oxygens (including phenoxy) is 1. The van der Waals surface area contributed by atoms with Gasteiger partial charge in [-0.15, -0.1) is 0 Å². The van der Waals surface area contributed by atoms with Crippen LogP contribution in [0.3, 0.4) is 0 Å². The Morgan fingerprint density at radius 2 is 1.77 bits per heavy atom. The number of piperazine rings is 1. The van der Waals surface area contributed by atoms with E-state index in [2.05, 4.69) is 19.6 Å². The monoisotopic (exact) mass is 696 g/mol. The summed E-state index contributed by atoms with van der Waals surface area (Å²) in [7, 11) is -3.97. The molecule has 5 heterocycles. The summed E-state index contributed by atoms with van der Waals surface area (Å²) in [6.07, 6.45) is 7.78. The second kappa shape index (κ2) is 13.3. The second-order valence-corrected chi connectivity index (χ2v) is 15.1. The molecule has 1 atom stereocenters. The Morgan fingerprint density at radius 1 is 1.04 bits per heavy atom. The third kappa shape index (κ3) is 7.25. The van der Waals surface area contributed by atoms with Crippen molar-refractivity contribution in [1.29, 1.82) is 0 Å². The second-order valence-electron chi connectivity index (χ2n) is 12.9. The minimum atomic E-state index is -3.97. The summed E-state index contributed by atoms with van der Waals surface area (Å²) < 4.78 is 53.0. The van der Waals surface area contributed by atoms with Crippen LogP contribution < -0.4 is 9.62 Å². The normalized spacial score (nSPS) is 17.5. The van der Waals surface area contributed by atoms with E-state index in [9.17, 15) is 13.2 Å². The van der Waals surface area contributed by atoms with Crippen molar-refractivity contribution < 1.29 is 22.3 Å². The number of aromatic nitrogens is 4. The van der Waals surface area contributed by atoms with E-state index >= 15 is 4.39 Å². The predicted molar refractivity (Wildman–Crippen MR) is 183 cm³/mol. The average molecular weight is 697 g/mol. The summed E-state index contributed by atoms with van der Waals surface area (Å²) in [4.78, 5) is 25.3. The fraction of sp³-hybridized carbons (Fsp3) is 0.394. The van der Waals surface area contributed by atoms with Crippen molar-refractivity contribution in [2.75, 3.05) is 42.3 Å². The van der Waals surface area contributed by atoms with Crippen molar-refractivity contribution in [3.63, 3.8) is 0 Å². The molecule has 0 bridgehead atoms.